The minimum Gasteiger partial charge on any atom is -0.444 e. The summed E-state index contributed by atoms with van der Waals surface area (Å²) in [6.07, 6.45) is 8.30. The van der Waals surface area contributed by atoms with Gasteiger partial charge < -0.3 is 35.3 Å². The third-order valence-electron chi connectivity index (χ3n) is 8.79. The minimum atomic E-state index is -0.639. The second-order valence-corrected chi connectivity index (χ2v) is 13.9. The van der Waals surface area contributed by atoms with Gasteiger partial charge in [0.1, 0.15) is 17.3 Å². The lowest BCUT2D eigenvalue weighted by molar-refractivity contribution is -0.137. The van der Waals surface area contributed by atoms with Crippen molar-refractivity contribution >= 4 is 29.8 Å². The molecule has 1 aromatic rings. The SMILES string of the molecule is C=C(C=N)CN1CCN(c2ccc(C(=O)NCCCOC3CCN(C(=O)C(NC(=O)OC(C)(C)C)C(CCC)CCC)CC3)nc2)CC1. The van der Waals surface area contributed by atoms with Crippen LogP contribution in [0.1, 0.15) is 90.1 Å². The third kappa shape index (κ3) is 12.8. The average Bonchev–Trinajstić information content (AvgIpc) is 3.06. The lowest BCUT2D eigenvalue weighted by atomic mass is 9.89. The van der Waals surface area contributed by atoms with E-state index in [1.54, 1.807) is 12.3 Å². The van der Waals surface area contributed by atoms with Crippen molar-refractivity contribution in [3.63, 3.8) is 0 Å². The van der Waals surface area contributed by atoms with Crippen LogP contribution in [0.4, 0.5) is 10.5 Å². The Hall–Kier alpha value is -3.51. The van der Waals surface area contributed by atoms with Gasteiger partial charge in [-0.15, -0.1) is 0 Å². The molecule has 2 aliphatic heterocycles. The Kier molecular flexibility index (Phi) is 15.8. The Morgan fingerprint density at radius 3 is 2.29 bits per heavy atom. The number of hydrogen-bond donors (Lipinski definition) is 3. The normalized spacial score (nSPS) is 16.8. The maximum Gasteiger partial charge on any atom is 0.408 e. The van der Waals surface area contributed by atoms with Crippen molar-refractivity contribution in [2.75, 3.05) is 63.9 Å². The molecule has 268 valence electrons. The molecule has 3 rings (SSSR count). The van der Waals surface area contributed by atoms with Gasteiger partial charge in [-0.1, -0.05) is 33.3 Å². The van der Waals surface area contributed by atoms with Crippen molar-refractivity contribution in [3.05, 3.63) is 36.2 Å². The van der Waals surface area contributed by atoms with Crippen LogP contribution >= 0.6 is 0 Å². The fraction of sp³-hybridized carbons (Fsp3) is 0.694. The Morgan fingerprint density at radius 1 is 1.06 bits per heavy atom. The maximum atomic E-state index is 13.7. The van der Waals surface area contributed by atoms with E-state index in [1.807, 2.05) is 31.7 Å². The number of anilines is 1. The number of nitrogens with one attached hydrogen (secondary N) is 3. The van der Waals surface area contributed by atoms with E-state index in [-0.39, 0.29) is 23.8 Å². The number of alkyl carbamates (subject to hydrolysis) is 1. The zero-order valence-electron chi connectivity index (χ0n) is 29.9. The van der Waals surface area contributed by atoms with E-state index in [0.29, 0.717) is 38.4 Å². The number of aromatic nitrogens is 1. The molecule has 0 spiro atoms. The molecule has 0 aliphatic carbocycles. The van der Waals surface area contributed by atoms with Crippen LogP contribution < -0.4 is 15.5 Å². The molecule has 1 aromatic heterocycles. The van der Waals surface area contributed by atoms with Crippen LogP contribution in [0.15, 0.2) is 30.5 Å². The molecule has 0 aromatic carbocycles. The second-order valence-electron chi connectivity index (χ2n) is 13.9. The number of nitrogens with zero attached hydrogens (tertiary/aromatic N) is 4. The second kappa shape index (κ2) is 19.5. The fourth-order valence-corrected chi connectivity index (χ4v) is 6.29. The standard InChI is InChI=1S/C36H59N7O5/c1-7-10-28(11-8-2)32(40-35(46)48-36(4,5)6)34(45)43-17-14-30(15-18-43)47-23-9-16-38-33(44)31-13-12-29(25-39-31)42-21-19-41(20-22-42)26-27(3)24-37/h12-13,24-25,28,30,32,37H,3,7-11,14-23,26H2,1-2,4-6H3,(H,38,44)(H,40,46). The lowest BCUT2D eigenvalue weighted by Gasteiger charge is -2.36. The molecule has 0 bridgehead atoms. The summed E-state index contributed by atoms with van der Waals surface area (Å²) in [7, 11) is 0. The van der Waals surface area contributed by atoms with E-state index in [1.165, 1.54) is 6.21 Å². The maximum absolute atomic E-state index is 13.7. The van der Waals surface area contributed by atoms with Crippen molar-refractivity contribution in [1.82, 2.24) is 25.4 Å². The molecule has 0 radical (unpaired) electrons. The van der Waals surface area contributed by atoms with E-state index in [4.69, 9.17) is 14.9 Å². The average molecular weight is 670 g/mol. The summed E-state index contributed by atoms with van der Waals surface area (Å²) in [6, 6.07) is 3.10. The van der Waals surface area contributed by atoms with Crippen LogP contribution in [0, 0.1) is 11.3 Å². The van der Waals surface area contributed by atoms with Crippen LogP contribution in [-0.4, -0.2) is 116 Å². The number of piperidine rings is 1. The van der Waals surface area contributed by atoms with Crippen LogP contribution in [0.3, 0.4) is 0 Å². The van der Waals surface area contributed by atoms with E-state index in [0.717, 1.165) is 82.5 Å². The van der Waals surface area contributed by atoms with Crippen LogP contribution in [0.5, 0.6) is 0 Å². The highest BCUT2D eigenvalue weighted by Crippen LogP contribution is 2.23. The Balaban J connectivity index is 1.37. The zero-order chi connectivity index (χ0) is 35.1. The first-order valence-electron chi connectivity index (χ1n) is 17.7. The number of rotatable bonds is 17. The molecule has 3 amide bonds. The molecule has 1 unspecified atom stereocenters. The molecule has 1 atom stereocenters. The summed E-state index contributed by atoms with van der Waals surface area (Å²) >= 11 is 0. The number of carbonyl (C=O) groups is 3. The number of ether oxygens (including phenoxy) is 2. The van der Waals surface area contributed by atoms with E-state index < -0.39 is 17.7 Å². The molecule has 2 fully saturated rings. The highest BCUT2D eigenvalue weighted by Gasteiger charge is 2.35. The summed E-state index contributed by atoms with van der Waals surface area (Å²) in [6.45, 7) is 19.9. The summed E-state index contributed by atoms with van der Waals surface area (Å²) in [4.78, 5) is 49.8. The van der Waals surface area contributed by atoms with Gasteiger partial charge in [-0.25, -0.2) is 9.78 Å². The number of amides is 3. The summed E-state index contributed by atoms with van der Waals surface area (Å²) in [5, 5.41) is 13.2. The van der Waals surface area contributed by atoms with Crippen molar-refractivity contribution in [1.29, 1.82) is 5.41 Å². The Labute approximate surface area is 287 Å². The van der Waals surface area contributed by atoms with Gasteiger partial charge in [0, 0.05) is 65.2 Å². The number of pyridine rings is 1. The molecule has 2 aliphatic rings. The number of likely N-dealkylation sites (tertiary alicyclic amines) is 1. The largest absolute Gasteiger partial charge is 0.444 e. The van der Waals surface area contributed by atoms with Crippen molar-refractivity contribution in [2.45, 2.75) is 97.3 Å². The van der Waals surface area contributed by atoms with E-state index in [9.17, 15) is 14.4 Å². The quantitative estimate of drug-likeness (QED) is 0.161. The van der Waals surface area contributed by atoms with Crippen LogP contribution in [-0.2, 0) is 14.3 Å². The van der Waals surface area contributed by atoms with Gasteiger partial charge in [0.25, 0.3) is 5.91 Å². The summed E-state index contributed by atoms with van der Waals surface area (Å²) < 4.78 is 11.6. The molecule has 12 heteroatoms. The fourth-order valence-electron chi connectivity index (χ4n) is 6.29. The van der Waals surface area contributed by atoms with Gasteiger partial charge in [-0.3, -0.25) is 14.5 Å². The molecule has 12 nitrogen and oxygen atoms in total. The first kappa shape index (κ1) is 38.9. The highest BCUT2D eigenvalue weighted by atomic mass is 16.6. The van der Waals surface area contributed by atoms with Crippen molar-refractivity contribution in [2.24, 2.45) is 5.92 Å². The smallest absolute Gasteiger partial charge is 0.408 e. The van der Waals surface area contributed by atoms with Crippen LogP contribution in [0.25, 0.3) is 0 Å². The number of carbonyl (C=O) groups excluding carboxylic acids is 3. The topological polar surface area (TPSA) is 140 Å². The zero-order valence-corrected chi connectivity index (χ0v) is 29.9. The van der Waals surface area contributed by atoms with E-state index >= 15 is 0 Å². The third-order valence-corrected chi connectivity index (χ3v) is 8.79. The van der Waals surface area contributed by atoms with E-state index in [2.05, 4.69) is 45.8 Å². The minimum absolute atomic E-state index is 0.0417. The number of piperazine rings is 1. The van der Waals surface area contributed by atoms with Gasteiger partial charge >= 0.3 is 6.09 Å². The van der Waals surface area contributed by atoms with Crippen molar-refractivity contribution in [3.8, 4) is 0 Å². The lowest BCUT2D eigenvalue weighted by Crippen LogP contribution is -2.55. The van der Waals surface area contributed by atoms with Gasteiger partial charge in [0.2, 0.25) is 5.91 Å². The molecule has 3 N–H and O–H groups in total. The Bertz CT molecular complexity index is 1180. The Morgan fingerprint density at radius 2 is 1.73 bits per heavy atom. The number of hydrogen-bond acceptors (Lipinski definition) is 9. The molecule has 48 heavy (non-hydrogen) atoms. The molecule has 3 heterocycles. The summed E-state index contributed by atoms with van der Waals surface area (Å²) in [5.41, 5.74) is 1.55. The predicted molar refractivity (Wildman–Crippen MR) is 190 cm³/mol. The van der Waals surface area contributed by atoms with Crippen molar-refractivity contribution < 1.29 is 23.9 Å². The predicted octanol–water partition coefficient (Wildman–Crippen LogP) is 4.65. The van der Waals surface area contributed by atoms with Gasteiger partial charge in [0.15, 0.2) is 0 Å². The first-order chi connectivity index (χ1) is 22.9. The summed E-state index contributed by atoms with van der Waals surface area (Å²) in [5.74, 6) is -0.189. The first-order valence-corrected chi connectivity index (χ1v) is 17.7. The van der Waals surface area contributed by atoms with Gasteiger partial charge in [-0.05, 0) is 76.5 Å². The molecule has 0 saturated carbocycles. The van der Waals surface area contributed by atoms with Crippen LogP contribution in [0.2, 0.25) is 0 Å². The molecule has 2 saturated heterocycles. The molecular formula is C36H59N7O5. The molecular weight excluding hydrogens is 610 g/mol. The van der Waals surface area contributed by atoms with Gasteiger partial charge in [0.05, 0.1) is 18.0 Å². The highest BCUT2D eigenvalue weighted by molar-refractivity contribution is 5.92. The van der Waals surface area contributed by atoms with Gasteiger partial charge in [-0.2, -0.15) is 0 Å². The monoisotopic (exact) mass is 669 g/mol.